The normalized spacial score (nSPS) is 20.3. The lowest BCUT2D eigenvalue weighted by atomic mass is 10.2. The van der Waals surface area contributed by atoms with Crippen LogP contribution in [0.25, 0.3) is 0 Å². The zero-order chi connectivity index (χ0) is 12.3. The van der Waals surface area contributed by atoms with Crippen LogP contribution in [0.4, 0.5) is 5.82 Å². The van der Waals surface area contributed by atoms with Crippen LogP contribution in [0, 0.1) is 5.41 Å². The van der Waals surface area contributed by atoms with Crippen LogP contribution >= 0.6 is 0 Å². The summed E-state index contributed by atoms with van der Waals surface area (Å²) in [5, 5.41) is 15.5. The summed E-state index contributed by atoms with van der Waals surface area (Å²) >= 11 is 0. The van der Waals surface area contributed by atoms with Gasteiger partial charge in [-0.15, -0.1) is 5.10 Å². The maximum absolute atomic E-state index is 7.54. The summed E-state index contributed by atoms with van der Waals surface area (Å²) in [4.78, 5) is 2.08. The van der Waals surface area contributed by atoms with E-state index in [2.05, 4.69) is 22.0 Å². The average Bonchev–Trinajstić information content (AvgIpc) is 2.39. The highest BCUT2D eigenvalue weighted by Gasteiger charge is 2.22. The summed E-state index contributed by atoms with van der Waals surface area (Å²) in [5.41, 5.74) is 6.18. The van der Waals surface area contributed by atoms with Crippen LogP contribution in [0.5, 0.6) is 0 Å². The van der Waals surface area contributed by atoms with E-state index in [1.54, 1.807) is 12.3 Å². The van der Waals surface area contributed by atoms with Gasteiger partial charge in [0.2, 0.25) is 0 Å². The first-order valence-electron chi connectivity index (χ1n) is 5.75. The molecule has 2 rings (SSSR count). The van der Waals surface area contributed by atoms with Gasteiger partial charge >= 0.3 is 0 Å². The predicted octanol–water partition coefficient (Wildman–Crippen LogP) is 0.376. The Morgan fingerprint density at radius 1 is 1.71 bits per heavy atom. The summed E-state index contributed by atoms with van der Waals surface area (Å²) in [6, 6.07) is 1.72. The molecule has 1 aromatic rings. The number of nitrogens with two attached hydrogens (primary N) is 1. The highest BCUT2D eigenvalue weighted by atomic mass is 16.5. The van der Waals surface area contributed by atoms with Crippen molar-refractivity contribution in [1.29, 1.82) is 5.41 Å². The summed E-state index contributed by atoms with van der Waals surface area (Å²) < 4.78 is 5.60. The fourth-order valence-electron chi connectivity index (χ4n) is 1.93. The molecule has 1 aromatic heterocycles. The molecule has 2 heterocycles. The lowest BCUT2D eigenvalue weighted by Gasteiger charge is -2.33. The average molecular weight is 235 g/mol. The van der Waals surface area contributed by atoms with Crippen LogP contribution in [0.2, 0.25) is 0 Å². The van der Waals surface area contributed by atoms with Gasteiger partial charge in [0.1, 0.15) is 5.84 Å². The number of hydrogen-bond acceptors (Lipinski definition) is 5. The molecule has 0 aliphatic carbocycles. The van der Waals surface area contributed by atoms with E-state index in [-0.39, 0.29) is 11.9 Å². The van der Waals surface area contributed by atoms with Crippen molar-refractivity contribution in [3.8, 4) is 0 Å². The lowest BCUT2D eigenvalue weighted by Crippen LogP contribution is -2.43. The quantitative estimate of drug-likeness (QED) is 0.584. The highest BCUT2D eigenvalue weighted by molar-refractivity contribution is 5.99. The van der Waals surface area contributed by atoms with Crippen LogP contribution in [0.15, 0.2) is 12.3 Å². The summed E-state index contributed by atoms with van der Waals surface area (Å²) in [5.74, 6) is 0.705. The molecule has 0 saturated carbocycles. The molecule has 1 fully saturated rings. The van der Waals surface area contributed by atoms with Crippen molar-refractivity contribution >= 4 is 11.7 Å². The van der Waals surface area contributed by atoms with Crippen LogP contribution < -0.4 is 10.6 Å². The van der Waals surface area contributed by atoms with Gasteiger partial charge in [0.05, 0.1) is 24.5 Å². The van der Waals surface area contributed by atoms with E-state index in [9.17, 15) is 0 Å². The number of aromatic nitrogens is 2. The molecule has 0 bridgehead atoms. The largest absolute Gasteiger partial charge is 0.384 e. The van der Waals surface area contributed by atoms with Gasteiger partial charge in [0.15, 0.2) is 5.82 Å². The third-order valence-electron chi connectivity index (χ3n) is 2.89. The Bertz CT molecular complexity index is 409. The van der Waals surface area contributed by atoms with Crippen molar-refractivity contribution in [2.24, 2.45) is 5.73 Å². The van der Waals surface area contributed by atoms with Gasteiger partial charge < -0.3 is 15.4 Å². The predicted molar refractivity (Wildman–Crippen MR) is 65.3 cm³/mol. The Labute approximate surface area is 100 Å². The molecule has 17 heavy (non-hydrogen) atoms. The minimum absolute atomic E-state index is 0.0226. The molecule has 1 aliphatic heterocycles. The molecule has 0 spiro atoms. The second-order valence-electron chi connectivity index (χ2n) is 4.03. The minimum atomic E-state index is 0.0226. The van der Waals surface area contributed by atoms with E-state index in [1.807, 2.05) is 0 Å². The van der Waals surface area contributed by atoms with Crippen molar-refractivity contribution in [2.75, 3.05) is 24.6 Å². The highest BCUT2D eigenvalue weighted by Crippen LogP contribution is 2.19. The summed E-state index contributed by atoms with van der Waals surface area (Å²) in [6.45, 7) is 4.30. The van der Waals surface area contributed by atoms with Gasteiger partial charge in [-0.1, -0.05) is 6.92 Å². The number of rotatable bonds is 3. The van der Waals surface area contributed by atoms with Crippen LogP contribution in [0.1, 0.15) is 18.9 Å². The smallest absolute Gasteiger partial charge is 0.162 e. The molecule has 1 saturated heterocycles. The maximum atomic E-state index is 7.54. The van der Waals surface area contributed by atoms with Gasteiger partial charge in [-0.25, -0.2) is 0 Å². The molecule has 6 nitrogen and oxygen atoms in total. The molecule has 6 heteroatoms. The number of nitrogens with one attached hydrogen (secondary N) is 1. The molecule has 1 unspecified atom stereocenters. The molecule has 3 N–H and O–H groups in total. The summed E-state index contributed by atoms with van der Waals surface area (Å²) in [6.07, 6.45) is 2.73. The number of hydrogen-bond donors (Lipinski definition) is 2. The third kappa shape index (κ3) is 2.52. The molecular weight excluding hydrogens is 218 g/mol. The number of ether oxygens (including phenoxy) is 1. The van der Waals surface area contributed by atoms with Crippen molar-refractivity contribution in [1.82, 2.24) is 10.2 Å². The zero-order valence-corrected chi connectivity index (χ0v) is 9.89. The Morgan fingerprint density at radius 2 is 2.53 bits per heavy atom. The van der Waals surface area contributed by atoms with E-state index in [4.69, 9.17) is 15.9 Å². The second-order valence-corrected chi connectivity index (χ2v) is 4.03. The topological polar surface area (TPSA) is 88.1 Å². The van der Waals surface area contributed by atoms with E-state index < -0.39 is 0 Å². The summed E-state index contributed by atoms with van der Waals surface area (Å²) in [7, 11) is 0. The first-order chi connectivity index (χ1) is 8.22. The van der Waals surface area contributed by atoms with Crippen LogP contribution in [-0.2, 0) is 4.74 Å². The van der Waals surface area contributed by atoms with E-state index in [0.29, 0.717) is 18.0 Å². The van der Waals surface area contributed by atoms with Crippen molar-refractivity contribution in [3.05, 3.63) is 17.8 Å². The van der Waals surface area contributed by atoms with Gasteiger partial charge in [-0.2, -0.15) is 5.10 Å². The number of anilines is 1. The second kappa shape index (κ2) is 5.09. The van der Waals surface area contributed by atoms with E-state index in [1.165, 1.54) is 0 Å². The van der Waals surface area contributed by atoms with E-state index in [0.717, 1.165) is 19.5 Å². The monoisotopic (exact) mass is 235 g/mol. The SMILES string of the molecule is CCC1CN(c2nnccc2C(=N)N)CCO1. The Morgan fingerprint density at radius 3 is 3.24 bits per heavy atom. The molecule has 0 amide bonds. The van der Waals surface area contributed by atoms with Crippen molar-refractivity contribution in [2.45, 2.75) is 19.4 Å². The molecule has 0 aromatic carbocycles. The van der Waals surface area contributed by atoms with Gasteiger partial charge in [-0.3, -0.25) is 5.41 Å². The molecular formula is C11H17N5O. The minimum Gasteiger partial charge on any atom is -0.384 e. The van der Waals surface area contributed by atoms with Crippen LogP contribution in [0.3, 0.4) is 0 Å². The van der Waals surface area contributed by atoms with Gasteiger partial charge in [0, 0.05) is 13.1 Å². The fourth-order valence-corrected chi connectivity index (χ4v) is 1.93. The Kier molecular flexibility index (Phi) is 3.53. The van der Waals surface area contributed by atoms with E-state index >= 15 is 0 Å². The first-order valence-corrected chi connectivity index (χ1v) is 5.75. The Hall–Kier alpha value is -1.69. The Balaban J connectivity index is 2.24. The molecule has 1 atom stereocenters. The number of amidine groups is 1. The van der Waals surface area contributed by atoms with Crippen LogP contribution in [-0.4, -0.2) is 41.8 Å². The van der Waals surface area contributed by atoms with Crippen molar-refractivity contribution in [3.63, 3.8) is 0 Å². The molecule has 92 valence electrons. The fraction of sp³-hybridized carbons (Fsp3) is 0.545. The zero-order valence-electron chi connectivity index (χ0n) is 9.89. The van der Waals surface area contributed by atoms with Crippen molar-refractivity contribution < 1.29 is 4.74 Å². The third-order valence-corrected chi connectivity index (χ3v) is 2.89. The number of nitrogen functional groups attached to an aromatic ring is 1. The first kappa shape index (κ1) is 11.8. The van der Waals surface area contributed by atoms with Gasteiger partial charge in [-0.05, 0) is 12.5 Å². The maximum Gasteiger partial charge on any atom is 0.162 e. The lowest BCUT2D eigenvalue weighted by molar-refractivity contribution is 0.0381. The number of nitrogens with zero attached hydrogens (tertiary/aromatic N) is 3. The molecule has 1 aliphatic rings. The number of morpholine rings is 1. The molecule has 0 radical (unpaired) electrons. The van der Waals surface area contributed by atoms with Gasteiger partial charge in [0.25, 0.3) is 0 Å². The standard InChI is InChI=1S/C11H17N5O/c1-2-8-7-16(5-6-17-8)11-9(10(12)13)3-4-14-15-11/h3-4,8H,2,5-7H2,1H3,(H3,12,13).